The second kappa shape index (κ2) is 12.2. The minimum absolute atomic E-state index is 0. The monoisotopic (exact) mass is 436 g/mol. The van der Waals surface area contributed by atoms with E-state index in [0.717, 1.165) is 65.2 Å². The molecule has 3 fully saturated rings. The number of nitrogens with one attached hydrogen (secondary N) is 1. The van der Waals surface area contributed by atoms with Crippen molar-refractivity contribution in [1.29, 1.82) is 0 Å². The van der Waals surface area contributed by atoms with E-state index in [1.807, 2.05) is 16.7 Å². The maximum Gasteiger partial charge on any atom is 0.239 e. The molecule has 0 spiro atoms. The number of hydrogen-bond acceptors (Lipinski definition) is 4. The molecule has 0 aromatic carbocycles. The van der Waals surface area contributed by atoms with Gasteiger partial charge in [-0.05, 0) is 57.5 Å². The third-order valence-electron chi connectivity index (χ3n) is 6.63. The maximum absolute atomic E-state index is 12.7. The first-order valence-corrected chi connectivity index (χ1v) is 10.6. The molecule has 164 valence electrons. The Kier molecular flexibility index (Phi) is 11.1. The van der Waals surface area contributed by atoms with E-state index in [1.165, 1.54) is 12.8 Å². The fourth-order valence-electron chi connectivity index (χ4n) is 4.65. The van der Waals surface area contributed by atoms with Gasteiger partial charge in [-0.3, -0.25) is 14.5 Å². The molecular formula is C20H38Cl2N4O2. The Bertz CT molecular complexity index is 489. The number of halogens is 2. The van der Waals surface area contributed by atoms with Gasteiger partial charge in [0.1, 0.15) is 0 Å². The summed E-state index contributed by atoms with van der Waals surface area (Å²) in [6, 6.07) is -0.0578. The molecular weight excluding hydrogens is 399 g/mol. The lowest BCUT2D eigenvalue weighted by atomic mass is 9.85. The third kappa shape index (κ3) is 6.48. The average molecular weight is 437 g/mol. The molecule has 3 saturated heterocycles. The number of likely N-dealkylation sites (tertiary alicyclic amines) is 1. The number of carbonyl (C=O) groups is 2. The van der Waals surface area contributed by atoms with Crippen LogP contribution in [-0.2, 0) is 9.59 Å². The Morgan fingerprint density at radius 1 is 0.929 bits per heavy atom. The number of amides is 2. The van der Waals surface area contributed by atoms with E-state index in [-0.39, 0.29) is 36.8 Å². The fraction of sp³-hybridized carbons (Fsp3) is 0.900. The van der Waals surface area contributed by atoms with Crippen LogP contribution in [0.4, 0.5) is 0 Å². The highest BCUT2D eigenvalue weighted by atomic mass is 35.5. The molecule has 1 N–H and O–H groups in total. The van der Waals surface area contributed by atoms with Gasteiger partial charge in [0.2, 0.25) is 11.8 Å². The van der Waals surface area contributed by atoms with Gasteiger partial charge in [-0.1, -0.05) is 6.92 Å². The van der Waals surface area contributed by atoms with Crippen molar-refractivity contribution < 1.29 is 9.59 Å². The average Bonchev–Trinajstić information content (AvgIpc) is 3.22. The van der Waals surface area contributed by atoms with Crippen molar-refractivity contribution in [3.05, 3.63) is 0 Å². The van der Waals surface area contributed by atoms with Crippen molar-refractivity contribution in [2.75, 3.05) is 52.4 Å². The Morgan fingerprint density at radius 2 is 1.57 bits per heavy atom. The van der Waals surface area contributed by atoms with Crippen molar-refractivity contribution in [3.8, 4) is 0 Å². The first-order chi connectivity index (χ1) is 12.6. The summed E-state index contributed by atoms with van der Waals surface area (Å²) in [7, 11) is 0. The van der Waals surface area contributed by atoms with Crippen molar-refractivity contribution in [1.82, 2.24) is 20.0 Å². The highest BCUT2D eigenvalue weighted by molar-refractivity contribution is 5.85. The van der Waals surface area contributed by atoms with Crippen molar-refractivity contribution in [3.63, 3.8) is 0 Å². The van der Waals surface area contributed by atoms with Crippen LogP contribution in [0.1, 0.15) is 46.0 Å². The normalized spacial score (nSPS) is 25.4. The van der Waals surface area contributed by atoms with Crippen LogP contribution >= 0.6 is 24.8 Å². The standard InChI is InChI=1S/C20H36N4O2.2ClH/c1-16(18-6-5-7-21-15-18)14-19(25)23-12-10-22(11-13-23)17(2)20(26)24-8-3-4-9-24;;/h16-18,21H,3-15H2,1-2H3;2*1H. The second-order valence-electron chi connectivity index (χ2n) is 8.41. The molecule has 3 unspecified atom stereocenters. The van der Waals surface area contributed by atoms with E-state index in [1.54, 1.807) is 0 Å². The van der Waals surface area contributed by atoms with Gasteiger partial charge in [0, 0.05) is 45.7 Å². The Morgan fingerprint density at radius 3 is 2.14 bits per heavy atom. The first-order valence-electron chi connectivity index (χ1n) is 10.6. The molecule has 8 heteroatoms. The highest BCUT2D eigenvalue weighted by Crippen LogP contribution is 2.23. The molecule has 3 heterocycles. The van der Waals surface area contributed by atoms with Gasteiger partial charge in [-0.25, -0.2) is 0 Å². The summed E-state index contributed by atoms with van der Waals surface area (Å²) in [5, 5.41) is 3.45. The van der Waals surface area contributed by atoms with Gasteiger partial charge in [0.05, 0.1) is 6.04 Å². The molecule has 6 nitrogen and oxygen atoms in total. The quantitative estimate of drug-likeness (QED) is 0.715. The molecule has 0 aliphatic carbocycles. The summed E-state index contributed by atoms with van der Waals surface area (Å²) < 4.78 is 0. The molecule has 28 heavy (non-hydrogen) atoms. The maximum atomic E-state index is 12.7. The van der Waals surface area contributed by atoms with Crippen molar-refractivity contribution >= 4 is 36.6 Å². The number of rotatable bonds is 5. The van der Waals surface area contributed by atoms with Crippen LogP contribution in [-0.4, -0.2) is 84.9 Å². The summed E-state index contributed by atoms with van der Waals surface area (Å²) in [5.41, 5.74) is 0. The number of piperazine rings is 1. The van der Waals surface area contributed by atoms with E-state index in [4.69, 9.17) is 0 Å². The largest absolute Gasteiger partial charge is 0.341 e. The summed E-state index contributed by atoms with van der Waals surface area (Å²) in [4.78, 5) is 31.5. The molecule has 0 radical (unpaired) electrons. The molecule has 0 saturated carbocycles. The second-order valence-corrected chi connectivity index (χ2v) is 8.41. The van der Waals surface area contributed by atoms with Crippen LogP contribution in [0.2, 0.25) is 0 Å². The lowest BCUT2D eigenvalue weighted by Gasteiger charge is -2.39. The van der Waals surface area contributed by atoms with Gasteiger partial charge in [0.25, 0.3) is 0 Å². The predicted molar refractivity (Wildman–Crippen MR) is 117 cm³/mol. The third-order valence-corrected chi connectivity index (χ3v) is 6.63. The van der Waals surface area contributed by atoms with Gasteiger partial charge in [0.15, 0.2) is 0 Å². The molecule has 3 aliphatic rings. The smallest absolute Gasteiger partial charge is 0.239 e. The predicted octanol–water partition coefficient (Wildman–Crippen LogP) is 2.01. The van der Waals surface area contributed by atoms with E-state index >= 15 is 0 Å². The van der Waals surface area contributed by atoms with E-state index < -0.39 is 0 Å². The van der Waals surface area contributed by atoms with Crippen LogP contribution < -0.4 is 5.32 Å². The minimum atomic E-state index is -0.0578. The summed E-state index contributed by atoms with van der Waals surface area (Å²) in [5.74, 6) is 1.64. The molecule has 2 amide bonds. The molecule has 3 rings (SSSR count). The first kappa shape index (κ1) is 25.5. The molecule has 3 aliphatic heterocycles. The molecule has 3 atom stereocenters. The minimum Gasteiger partial charge on any atom is -0.341 e. The lowest BCUT2D eigenvalue weighted by molar-refractivity contribution is -0.138. The molecule has 0 aromatic rings. The Balaban J connectivity index is 0.00000196. The van der Waals surface area contributed by atoms with E-state index in [9.17, 15) is 9.59 Å². The Labute approximate surface area is 182 Å². The fourth-order valence-corrected chi connectivity index (χ4v) is 4.65. The SMILES string of the molecule is CC(CC(=O)N1CCN(C(C)C(=O)N2CCCC2)CC1)C1CCCNC1.Cl.Cl. The molecule has 0 aromatic heterocycles. The molecule has 0 bridgehead atoms. The van der Waals surface area contributed by atoms with E-state index in [0.29, 0.717) is 24.2 Å². The van der Waals surface area contributed by atoms with Gasteiger partial charge < -0.3 is 15.1 Å². The van der Waals surface area contributed by atoms with Crippen LogP contribution in [0, 0.1) is 11.8 Å². The van der Waals surface area contributed by atoms with E-state index in [2.05, 4.69) is 17.1 Å². The zero-order valence-electron chi connectivity index (χ0n) is 17.4. The van der Waals surface area contributed by atoms with Gasteiger partial charge in [-0.15, -0.1) is 24.8 Å². The van der Waals surface area contributed by atoms with Crippen LogP contribution in [0.25, 0.3) is 0 Å². The van der Waals surface area contributed by atoms with Crippen molar-refractivity contribution in [2.24, 2.45) is 11.8 Å². The van der Waals surface area contributed by atoms with Gasteiger partial charge >= 0.3 is 0 Å². The zero-order valence-corrected chi connectivity index (χ0v) is 19.0. The van der Waals surface area contributed by atoms with Crippen molar-refractivity contribution in [2.45, 2.75) is 52.0 Å². The summed E-state index contributed by atoms with van der Waals surface area (Å²) in [6.45, 7) is 11.4. The zero-order chi connectivity index (χ0) is 18.5. The number of nitrogens with zero attached hydrogens (tertiary/aromatic N) is 3. The number of carbonyl (C=O) groups excluding carboxylic acids is 2. The van der Waals surface area contributed by atoms with Gasteiger partial charge in [-0.2, -0.15) is 0 Å². The summed E-state index contributed by atoms with van der Waals surface area (Å²) in [6.07, 6.45) is 5.40. The topological polar surface area (TPSA) is 55.9 Å². The number of piperidine rings is 1. The highest BCUT2D eigenvalue weighted by Gasteiger charge is 2.31. The lowest BCUT2D eigenvalue weighted by Crippen LogP contribution is -2.55. The van der Waals surface area contributed by atoms with Crippen LogP contribution in [0.15, 0.2) is 0 Å². The van der Waals surface area contributed by atoms with Crippen LogP contribution in [0.3, 0.4) is 0 Å². The Hall–Kier alpha value is -0.560. The number of hydrogen-bond donors (Lipinski definition) is 1. The summed E-state index contributed by atoms with van der Waals surface area (Å²) >= 11 is 0. The van der Waals surface area contributed by atoms with Crippen LogP contribution in [0.5, 0.6) is 0 Å².